The first kappa shape index (κ1) is 11.7. The maximum Gasteiger partial charge on any atom is 0.323 e. The van der Waals surface area contributed by atoms with Crippen LogP contribution >= 0.6 is 0 Å². The van der Waals surface area contributed by atoms with E-state index >= 15 is 0 Å². The largest absolute Gasteiger partial charge is 0.454 e. The van der Waals surface area contributed by atoms with Gasteiger partial charge in [0.15, 0.2) is 11.5 Å². The second-order valence-corrected chi connectivity index (χ2v) is 4.48. The number of urea groups is 1. The van der Waals surface area contributed by atoms with Crippen LogP contribution < -0.4 is 20.1 Å². The molecule has 1 aliphatic rings. The lowest BCUT2D eigenvalue weighted by Gasteiger charge is -2.08. The lowest BCUT2D eigenvalue weighted by atomic mass is 10.3. The van der Waals surface area contributed by atoms with Crippen LogP contribution in [0.3, 0.4) is 0 Å². The molecule has 0 atom stereocenters. The van der Waals surface area contributed by atoms with Gasteiger partial charge in [0.05, 0.1) is 0 Å². The first-order chi connectivity index (χ1) is 10.3. The number of nitrogens with one attached hydrogen (secondary N) is 2. The fourth-order valence-electron chi connectivity index (χ4n) is 2.04. The third-order valence-electron chi connectivity index (χ3n) is 3.05. The van der Waals surface area contributed by atoms with E-state index in [4.69, 9.17) is 18.6 Å². The van der Waals surface area contributed by atoms with Crippen molar-refractivity contribution in [2.45, 2.75) is 0 Å². The average molecular weight is 290 g/mol. The fraction of sp³-hybridized carbons (Fsp3) is 0.0714. The van der Waals surface area contributed by atoms with Crippen LogP contribution in [-0.2, 0) is 0 Å². The molecule has 4 rings (SSSR count). The topological polar surface area (TPSA) is 85.9 Å². The number of carbonyl (C=O) groups excluding carboxylic acids is 1. The molecule has 2 N–H and O–H groups in total. The summed E-state index contributed by atoms with van der Waals surface area (Å²) in [6.07, 6.45) is 0. The van der Waals surface area contributed by atoms with Crippen molar-refractivity contribution in [1.82, 2.24) is 0 Å². The Morgan fingerprint density at radius 1 is 0.905 bits per heavy atom. The molecular formula is C14H14N2O5. The first-order valence-electron chi connectivity index (χ1n) is 6.24. The Bertz CT molecular complexity index is 830. The number of carbonyl (C=O) groups is 1. The van der Waals surface area contributed by atoms with Gasteiger partial charge < -0.3 is 20.1 Å². The van der Waals surface area contributed by atoms with Crippen LogP contribution in [0.15, 0.2) is 45.6 Å². The van der Waals surface area contributed by atoms with Gasteiger partial charge in [-0.05, 0) is 24.3 Å². The molecule has 2 amide bonds. The first-order valence-corrected chi connectivity index (χ1v) is 6.24. The van der Waals surface area contributed by atoms with Gasteiger partial charge in [-0.2, -0.15) is 0 Å². The molecule has 0 fully saturated rings. The maximum absolute atomic E-state index is 11.9. The van der Waals surface area contributed by atoms with E-state index in [-0.39, 0.29) is 15.7 Å². The fourth-order valence-corrected chi connectivity index (χ4v) is 2.04. The molecule has 7 heteroatoms. The molecule has 2 aromatic carbocycles. The highest BCUT2D eigenvalue weighted by Gasteiger charge is 2.14. The number of anilines is 2. The van der Waals surface area contributed by atoms with Crippen LogP contribution in [0.5, 0.6) is 11.5 Å². The maximum atomic E-state index is 11.9. The van der Waals surface area contributed by atoms with Gasteiger partial charge in [-0.1, -0.05) is 0 Å². The second kappa shape index (κ2) is 4.48. The van der Waals surface area contributed by atoms with Crippen molar-refractivity contribution >= 4 is 28.6 Å². The zero-order valence-corrected chi connectivity index (χ0v) is 10.7. The Labute approximate surface area is 121 Å². The molecule has 0 aliphatic carbocycles. The smallest absolute Gasteiger partial charge is 0.323 e. The summed E-state index contributed by atoms with van der Waals surface area (Å²) in [5.41, 5.74) is 2.46. The monoisotopic (exact) mass is 290 g/mol. The third kappa shape index (κ3) is 2.14. The van der Waals surface area contributed by atoms with E-state index in [1.165, 1.54) is 0 Å². The minimum absolute atomic E-state index is 0. The normalized spacial score (nSPS) is 12.6. The van der Waals surface area contributed by atoms with Gasteiger partial charge in [0.2, 0.25) is 18.0 Å². The molecule has 1 aromatic heterocycles. The number of rotatable bonds is 2. The lowest BCUT2D eigenvalue weighted by Crippen LogP contribution is -2.19. The Morgan fingerprint density at radius 3 is 2.38 bits per heavy atom. The van der Waals surface area contributed by atoms with Gasteiger partial charge in [0, 0.05) is 26.4 Å². The van der Waals surface area contributed by atoms with E-state index in [0.717, 1.165) is 0 Å². The molecule has 1 aliphatic heterocycles. The van der Waals surface area contributed by atoms with Crippen molar-refractivity contribution in [3.63, 3.8) is 0 Å². The molecule has 0 unspecified atom stereocenters. The molecule has 21 heavy (non-hydrogen) atoms. The Hall–Kier alpha value is -3.09. The second-order valence-electron chi connectivity index (χ2n) is 4.48. The summed E-state index contributed by atoms with van der Waals surface area (Å²) in [4.78, 5) is 11.9. The van der Waals surface area contributed by atoms with E-state index < -0.39 is 0 Å². The molecule has 3 aromatic rings. The molecule has 110 valence electrons. The van der Waals surface area contributed by atoms with Crippen LogP contribution in [0.25, 0.3) is 11.2 Å². The molecule has 0 spiro atoms. The van der Waals surface area contributed by atoms with E-state index in [9.17, 15) is 4.79 Å². The van der Waals surface area contributed by atoms with Crippen molar-refractivity contribution in [2.75, 3.05) is 17.4 Å². The molecule has 0 saturated heterocycles. The molecule has 0 radical (unpaired) electrons. The summed E-state index contributed by atoms with van der Waals surface area (Å²) in [7, 11) is 0. The van der Waals surface area contributed by atoms with E-state index in [0.29, 0.717) is 34.0 Å². The van der Waals surface area contributed by atoms with Crippen molar-refractivity contribution in [3.05, 3.63) is 36.4 Å². The highest BCUT2D eigenvalue weighted by molar-refractivity contribution is 6.00. The number of hydrogen-bond acceptors (Lipinski definition) is 5. The zero-order chi connectivity index (χ0) is 14.2. The standard InChI is InChI=1S/C14H10N2O5.2H2/c17-14(16-9-2-4-11-13(6-9)21-20-11)15-8-1-3-10-12(5-8)19-7-18-10;;/h1-6H,7H2,(H2,15,16,17);2*1H. The van der Waals surface area contributed by atoms with Crippen molar-refractivity contribution in [3.8, 4) is 11.5 Å². The summed E-state index contributed by atoms with van der Waals surface area (Å²) >= 11 is 0. The minimum atomic E-state index is -0.367. The van der Waals surface area contributed by atoms with Crippen LogP contribution in [0.4, 0.5) is 16.2 Å². The Morgan fingerprint density at radius 2 is 1.62 bits per heavy atom. The zero-order valence-electron chi connectivity index (χ0n) is 10.7. The average Bonchev–Trinajstić information content (AvgIpc) is 2.89. The number of ether oxygens (including phenoxy) is 2. The number of amides is 2. The lowest BCUT2D eigenvalue weighted by molar-refractivity contribution is 0.0590. The van der Waals surface area contributed by atoms with Crippen molar-refractivity contribution in [2.24, 2.45) is 0 Å². The Balaban J connectivity index is 0.000000960. The summed E-state index contributed by atoms with van der Waals surface area (Å²) in [5.74, 6) is 1.28. The minimum Gasteiger partial charge on any atom is -0.454 e. The van der Waals surface area contributed by atoms with Gasteiger partial charge in [-0.3, -0.25) is 9.15 Å². The highest BCUT2D eigenvalue weighted by Crippen LogP contribution is 2.34. The third-order valence-corrected chi connectivity index (χ3v) is 3.05. The quantitative estimate of drug-likeness (QED) is 0.699. The molecule has 0 saturated carbocycles. The molecule has 7 nitrogen and oxygen atoms in total. The molecular weight excluding hydrogens is 276 g/mol. The van der Waals surface area contributed by atoms with E-state index in [2.05, 4.69) is 10.6 Å². The van der Waals surface area contributed by atoms with Crippen LogP contribution in [0, 0.1) is 0 Å². The summed E-state index contributed by atoms with van der Waals surface area (Å²) in [6, 6.07) is 9.94. The van der Waals surface area contributed by atoms with E-state index in [1.54, 1.807) is 36.4 Å². The number of fused-ring (bicyclic) bond motifs is 2. The van der Waals surface area contributed by atoms with Gasteiger partial charge in [0.25, 0.3) is 0 Å². The van der Waals surface area contributed by atoms with Crippen LogP contribution in [-0.4, -0.2) is 12.8 Å². The highest BCUT2D eigenvalue weighted by atomic mass is 17.0. The summed E-state index contributed by atoms with van der Waals surface area (Å²) < 4.78 is 19.9. The van der Waals surface area contributed by atoms with Gasteiger partial charge >= 0.3 is 6.03 Å². The van der Waals surface area contributed by atoms with Gasteiger partial charge in [0.1, 0.15) is 0 Å². The van der Waals surface area contributed by atoms with Crippen LogP contribution in [0.1, 0.15) is 2.85 Å². The van der Waals surface area contributed by atoms with Gasteiger partial charge in [-0.15, -0.1) is 0 Å². The van der Waals surface area contributed by atoms with Crippen molar-refractivity contribution in [1.29, 1.82) is 0 Å². The summed E-state index contributed by atoms with van der Waals surface area (Å²) in [6.45, 7) is 0.197. The predicted octanol–water partition coefficient (Wildman–Crippen LogP) is 3.89. The molecule has 0 bridgehead atoms. The van der Waals surface area contributed by atoms with Crippen LogP contribution in [0.2, 0.25) is 0 Å². The predicted molar refractivity (Wildman–Crippen MR) is 77.9 cm³/mol. The van der Waals surface area contributed by atoms with Crippen molar-refractivity contribution < 1.29 is 26.3 Å². The summed E-state index contributed by atoms with van der Waals surface area (Å²) in [5, 5.41) is 5.42. The number of benzene rings is 2. The van der Waals surface area contributed by atoms with E-state index in [1.807, 2.05) is 0 Å². The molecule has 2 heterocycles. The van der Waals surface area contributed by atoms with Gasteiger partial charge in [-0.25, -0.2) is 4.79 Å². The SMILES string of the molecule is O=C(Nc1ccc2c(c1)OCO2)Nc1ccc2ooc2c1.[HH].[HH]. The number of hydrogen-bond donors (Lipinski definition) is 2. The Kier molecular flexibility index (Phi) is 2.50.